The summed E-state index contributed by atoms with van der Waals surface area (Å²) in [7, 11) is 2.07. The summed E-state index contributed by atoms with van der Waals surface area (Å²) in [5.74, 6) is 0.0737. The van der Waals surface area contributed by atoms with Crippen LogP contribution in [0.25, 0.3) is 0 Å². The molecule has 186 valence electrons. The number of nitrogens with two attached hydrogens (primary N) is 1. The van der Waals surface area contributed by atoms with Gasteiger partial charge in [-0.3, -0.25) is 4.79 Å². The number of benzene rings is 1. The molecule has 0 aliphatic carbocycles. The minimum atomic E-state index is -2.99. The van der Waals surface area contributed by atoms with E-state index in [1.165, 1.54) is 11.3 Å². The van der Waals surface area contributed by atoms with Gasteiger partial charge < -0.3 is 30.9 Å². The molecule has 0 radical (unpaired) electrons. The van der Waals surface area contributed by atoms with E-state index in [2.05, 4.69) is 44.4 Å². The predicted octanol–water partition coefficient (Wildman–Crippen LogP) is 4.17. The molecule has 12 heteroatoms. The Morgan fingerprint density at radius 1 is 1.26 bits per heavy atom. The van der Waals surface area contributed by atoms with E-state index < -0.39 is 12.5 Å². The number of piperazine rings is 1. The third kappa shape index (κ3) is 5.77. The van der Waals surface area contributed by atoms with Crippen molar-refractivity contribution in [2.45, 2.75) is 26.5 Å². The van der Waals surface area contributed by atoms with Crippen molar-refractivity contribution in [3.05, 3.63) is 46.3 Å². The van der Waals surface area contributed by atoms with E-state index in [1.54, 1.807) is 36.7 Å². The van der Waals surface area contributed by atoms with E-state index in [-0.39, 0.29) is 11.7 Å². The Morgan fingerprint density at radius 3 is 2.77 bits per heavy atom. The van der Waals surface area contributed by atoms with Gasteiger partial charge in [0.15, 0.2) is 5.75 Å². The number of hydrogen-bond acceptors (Lipinski definition) is 9. The number of hydrogen-bond donors (Lipinski definition) is 3. The van der Waals surface area contributed by atoms with Gasteiger partial charge in [0.25, 0.3) is 5.91 Å². The van der Waals surface area contributed by atoms with Crippen molar-refractivity contribution in [3.8, 4) is 5.75 Å². The second kappa shape index (κ2) is 10.4. The molecule has 0 bridgehead atoms. The molecule has 1 fully saturated rings. The lowest BCUT2D eigenvalue weighted by Crippen LogP contribution is -2.50. The molecule has 1 amide bonds. The fourth-order valence-corrected chi connectivity index (χ4v) is 4.47. The van der Waals surface area contributed by atoms with Gasteiger partial charge in [0.2, 0.25) is 5.95 Å². The van der Waals surface area contributed by atoms with Crippen LogP contribution in [0.3, 0.4) is 0 Å². The summed E-state index contributed by atoms with van der Waals surface area (Å²) in [6, 6.07) is 7.20. The zero-order chi connectivity index (χ0) is 25.1. The van der Waals surface area contributed by atoms with Crippen molar-refractivity contribution < 1.29 is 18.3 Å². The Balaban J connectivity index is 1.58. The van der Waals surface area contributed by atoms with Gasteiger partial charge in [0.05, 0.1) is 11.4 Å². The third-order valence-electron chi connectivity index (χ3n) is 5.87. The number of carbonyl (C=O) groups excluding carboxylic acids is 1. The molecule has 0 saturated carbocycles. The first-order chi connectivity index (χ1) is 16.7. The maximum Gasteiger partial charge on any atom is 0.387 e. The van der Waals surface area contributed by atoms with Crippen molar-refractivity contribution in [3.63, 3.8) is 0 Å². The number of rotatable bonds is 8. The molecule has 1 atom stereocenters. The van der Waals surface area contributed by atoms with Gasteiger partial charge in [-0.05, 0) is 44.5 Å². The standard InChI is InChI=1S/C23H27F2N7O2S/c1-13-11-27-23(30-21(13)28-17-6-9-35-19(17)20(26)33)29-16-5-4-15(10-18(16)34-22(24)25)32-8-7-31(3)14(2)12-32/h4-6,9-11,14,22H,7-8,12H2,1-3H3,(H2,26,33)(H2,27,28,29,30)/t14-/m0/s1. The first-order valence-corrected chi connectivity index (χ1v) is 11.9. The molecule has 1 aromatic carbocycles. The van der Waals surface area contributed by atoms with Gasteiger partial charge in [-0.1, -0.05) is 0 Å². The molecule has 3 aromatic rings. The summed E-state index contributed by atoms with van der Waals surface area (Å²) in [6.45, 7) is 3.39. The highest BCUT2D eigenvalue weighted by Gasteiger charge is 2.22. The van der Waals surface area contributed by atoms with E-state index in [1.807, 2.05) is 6.07 Å². The average molecular weight is 504 g/mol. The van der Waals surface area contributed by atoms with Crippen LogP contribution in [-0.2, 0) is 0 Å². The van der Waals surface area contributed by atoms with Crippen LogP contribution in [0.1, 0.15) is 22.2 Å². The lowest BCUT2D eigenvalue weighted by atomic mass is 10.1. The molecular weight excluding hydrogens is 476 g/mol. The van der Waals surface area contributed by atoms with Gasteiger partial charge in [0, 0.05) is 49.2 Å². The van der Waals surface area contributed by atoms with E-state index in [9.17, 15) is 13.6 Å². The molecule has 4 rings (SSSR count). The Kier molecular flexibility index (Phi) is 7.31. The number of primary amides is 1. The molecule has 0 unspecified atom stereocenters. The second-order valence-electron chi connectivity index (χ2n) is 8.34. The highest BCUT2D eigenvalue weighted by Crippen LogP contribution is 2.34. The van der Waals surface area contributed by atoms with Crippen LogP contribution in [0.2, 0.25) is 0 Å². The summed E-state index contributed by atoms with van der Waals surface area (Å²) in [5.41, 5.74) is 7.78. The minimum Gasteiger partial charge on any atom is -0.433 e. The highest BCUT2D eigenvalue weighted by atomic mass is 32.1. The quantitative estimate of drug-likeness (QED) is 0.420. The zero-order valence-corrected chi connectivity index (χ0v) is 20.4. The van der Waals surface area contributed by atoms with E-state index in [0.717, 1.165) is 30.9 Å². The number of aromatic nitrogens is 2. The smallest absolute Gasteiger partial charge is 0.387 e. The predicted molar refractivity (Wildman–Crippen MR) is 134 cm³/mol. The van der Waals surface area contributed by atoms with Gasteiger partial charge in [-0.25, -0.2) is 4.98 Å². The molecule has 1 saturated heterocycles. The highest BCUT2D eigenvalue weighted by molar-refractivity contribution is 7.12. The van der Waals surface area contributed by atoms with Crippen molar-refractivity contribution in [1.29, 1.82) is 0 Å². The van der Waals surface area contributed by atoms with Gasteiger partial charge >= 0.3 is 6.61 Å². The van der Waals surface area contributed by atoms with Crippen LogP contribution in [0.4, 0.5) is 37.6 Å². The average Bonchev–Trinajstić information content (AvgIpc) is 3.27. The molecule has 1 aliphatic heterocycles. The number of alkyl halides is 2. The fourth-order valence-electron chi connectivity index (χ4n) is 3.76. The number of halogens is 2. The van der Waals surface area contributed by atoms with Crippen LogP contribution < -0.4 is 26.0 Å². The monoisotopic (exact) mass is 503 g/mol. The fraction of sp³-hybridized carbons (Fsp3) is 0.348. The maximum absolute atomic E-state index is 13.2. The van der Waals surface area contributed by atoms with E-state index >= 15 is 0 Å². The van der Waals surface area contributed by atoms with Crippen molar-refractivity contribution in [2.24, 2.45) is 5.73 Å². The summed E-state index contributed by atoms with van der Waals surface area (Å²) < 4.78 is 31.2. The summed E-state index contributed by atoms with van der Waals surface area (Å²) >= 11 is 1.22. The summed E-state index contributed by atoms with van der Waals surface area (Å²) in [6.07, 6.45) is 1.58. The Hall–Kier alpha value is -3.51. The third-order valence-corrected chi connectivity index (χ3v) is 6.80. The summed E-state index contributed by atoms with van der Waals surface area (Å²) in [4.78, 5) is 25.1. The number of ether oxygens (including phenoxy) is 1. The Bertz CT molecular complexity index is 1210. The largest absolute Gasteiger partial charge is 0.433 e. The van der Waals surface area contributed by atoms with Crippen molar-refractivity contribution >= 4 is 46.1 Å². The van der Waals surface area contributed by atoms with Crippen molar-refractivity contribution in [2.75, 3.05) is 42.2 Å². The number of nitrogens with zero attached hydrogens (tertiary/aromatic N) is 4. The Morgan fingerprint density at radius 2 is 2.06 bits per heavy atom. The topological polar surface area (TPSA) is 109 Å². The molecule has 0 spiro atoms. The molecule has 3 heterocycles. The van der Waals surface area contributed by atoms with Gasteiger partial charge in [-0.2, -0.15) is 13.8 Å². The number of carbonyl (C=O) groups is 1. The van der Waals surface area contributed by atoms with Crippen molar-refractivity contribution in [1.82, 2.24) is 14.9 Å². The lowest BCUT2D eigenvalue weighted by molar-refractivity contribution is -0.0493. The van der Waals surface area contributed by atoms with Crippen LogP contribution in [0, 0.1) is 6.92 Å². The van der Waals surface area contributed by atoms with E-state index in [4.69, 9.17) is 10.5 Å². The SMILES string of the molecule is Cc1cnc(Nc2ccc(N3CCN(C)[C@@H](C)C3)cc2OC(F)F)nc1Nc1ccsc1C(N)=O. The molecular formula is C23H27F2N7O2S. The second-order valence-corrected chi connectivity index (χ2v) is 9.25. The molecule has 35 heavy (non-hydrogen) atoms. The van der Waals surface area contributed by atoms with Crippen LogP contribution in [-0.4, -0.2) is 60.1 Å². The maximum atomic E-state index is 13.2. The van der Waals surface area contributed by atoms with Gasteiger partial charge in [0.1, 0.15) is 10.7 Å². The first kappa shape index (κ1) is 24.6. The number of aryl methyl sites for hydroxylation is 1. The molecule has 2 aromatic heterocycles. The number of likely N-dealkylation sites (N-methyl/N-ethyl adjacent to an activating group) is 1. The number of thiophene rings is 1. The molecule has 9 nitrogen and oxygen atoms in total. The minimum absolute atomic E-state index is 0.00313. The number of anilines is 5. The van der Waals surface area contributed by atoms with Crippen LogP contribution in [0.15, 0.2) is 35.8 Å². The van der Waals surface area contributed by atoms with Gasteiger partial charge in [-0.15, -0.1) is 11.3 Å². The molecule has 4 N–H and O–H groups in total. The molecule has 1 aliphatic rings. The number of amides is 1. The first-order valence-electron chi connectivity index (χ1n) is 11.0. The Labute approximate surface area is 205 Å². The van der Waals surface area contributed by atoms with Crippen LogP contribution >= 0.6 is 11.3 Å². The van der Waals surface area contributed by atoms with Crippen LogP contribution in [0.5, 0.6) is 5.75 Å². The summed E-state index contributed by atoms with van der Waals surface area (Å²) in [5, 5.41) is 7.81. The normalized spacial score (nSPS) is 16.4. The zero-order valence-electron chi connectivity index (χ0n) is 19.6. The van der Waals surface area contributed by atoms with E-state index in [0.29, 0.717) is 28.1 Å². The number of nitrogens with one attached hydrogen (secondary N) is 2. The lowest BCUT2D eigenvalue weighted by Gasteiger charge is -2.39.